The van der Waals surface area contributed by atoms with E-state index in [9.17, 15) is 21.6 Å². The van der Waals surface area contributed by atoms with E-state index in [-0.39, 0.29) is 6.54 Å². The van der Waals surface area contributed by atoms with Crippen molar-refractivity contribution in [2.75, 3.05) is 18.1 Å². The summed E-state index contributed by atoms with van der Waals surface area (Å²) in [6.45, 7) is 0.242. The lowest BCUT2D eigenvalue weighted by Gasteiger charge is -2.23. The Labute approximate surface area is 134 Å². The fourth-order valence-corrected chi connectivity index (χ4v) is 5.60. The molecule has 1 atom stereocenters. The lowest BCUT2D eigenvalue weighted by atomic mass is 10.2. The van der Waals surface area contributed by atoms with E-state index in [2.05, 4.69) is 15.9 Å². The van der Waals surface area contributed by atoms with Crippen molar-refractivity contribution in [2.45, 2.75) is 18.0 Å². The molecule has 0 radical (unpaired) electrons. The highest BCUT2D eigenvalue weighted by atomic mass is 79.9. The van der Waals surface area contributed by atoms with Gasteiger partial charge in [0.15, 0.2) is 0 Å². The summed E-state index contributed by atoms with van der Waals surface area (Å²) >= 11 is 4.71. The Balaban J connectivity index is 2.16. The van der Waals surface area contributed by atoms with Crippen molar-refractivity contribution in [1.29, 1.82) is 0 Å². The minimum atomic E-state index is -4.47. The molecule has 1 heterocycles. The van der Waals surface area contributed by atoms with Gasteiger partial charge in [0.1, 0.15) is 0 Å². The molecule has 0 aliphatic carbocycles. The minimum absolute atomic E-state index is 0.242. The average molecular weight is 404 g/mol. The summed E-state index contributed by atoms with van der Waals surface area (Å²) in [7, 11) is -3.92. The summed E-state index contributed by atoms with van der Waals surface area (Å²) in [5, 5.41) is -0.448. The number of rotatable bonds is 4. The van der Waals surface area contributed by atoms with Crippen LogP contribution in [0.2, 0.25) is 0 Å². The van der Waals surface area contributed by atoms with Crippen molar-refractivity contribution in [3.63, 3.8) is 0 Å². The van der Waals surface area contributed by atoms with Crippen LogP contribution in [0.25, 0.3) is 0 Å². The van der Waals surface area contributed by atoms with Gasteiger partial charge in [0, 0.05) is 16.8 Å². The number of thioether (sulfide) groups is 1. The Hall–Kier alpha value is -0.250. The second-order valence-electron chi connectivity index (χ2n) is 4.57. The van der Waals surface area contributed by atoms with Gasteiger partial charge in [-0.1, -0.05) is 28.1 Å². The van der Waals surface area contributed by atoms with Crippen LogP contribution < -0.4 is 0 Å². The Kier molecular flexibility index (Phi) is 5.27. The Morgan fingerprint density at radius 2 is 1.90 bits per heavy atom. The predicted molar refractivity (Wildman–Crippen MR) is 80.5 cm³/mol. The van der Waals surface area contributed by atoms with Gasteiger partial charge in [0.25, 0.3) is 0 Å². The summed E-state index contributed by atoms with van der Waals surface area (Å²) in [6, 6.07) is 7.13. The molecule has 1 fully saturated rings. The fourth-order valence-electron chi connectivity index (χ4n) is 1.99. The first-order valence-corrected chi connectivity index (χ1v) is 9.57. The molecule has 0 spiro atoms. The van der Waals surface area contributed by atoms with Crippen LogP contribution in [0.4, 0.5) is 13.2 Å². The van der Waals surface area contributed by atoms with Crippen LogP contribution in [0.3, 0.4) is 0 Å². The van der Waals surface area contributed by atoms with Crippen LogP contribution in [0, 0.1) is 0 Å². The van der Waals surface area contributed by atoms with Crippen molar-refractivity contribution in [3.05, 3.63) is 34.3 Å². The lowest BCUT2D eigenvalue weighted by Crippen LogP contribution is -2.34. The van der Waals surface area contributed by atoms with E-state index in [4.69, 9.17) is 0 Å². The summed E-state index contributed by atoms with van der Waals surface area (Å²) in [5.41, 5.74) is 0.774. The van der Waals surface area contributed by atoms with E-state index in [1.165, 1.54) is 16.1 Å². The van der Waals surface area contributed by atoms with Crippen LogP contribution in [-0.2, 0) is 10.0 Å². The Bertz CT molecular complexity index is 590. The van der Waals surface area contributed by atoms with E-state index >= 15 is 0 Å². The molecule has 0 amide bonds. The number of hydrogen-bond donors (Lipinski definition) is 0. The zero-order valence-electron chi connectivity index (χ0n) is 10.8. The third-order valence-corrected chi connectivity index (χ3v) is 6.76. The van der Waals surface area contributed by atoms with Gasteiger partial charge in [-0.3, -0.25) is 0 Å². The molecule has 1 unspecified atom stereocenters. The molecule has 3 nitrogen and oxygen atoms in total. The fraction of sp³-hybridized carbons (Fsp3) is 0.500. The van der Waals surface area contributed by atoms with E-state index in [1.54, 1.807) is 24.3 Å². The van der Waals surface area contributed by atoms with Crippen molar-refractivity contribution in [2.24, 2.45) is 0 Å². The second kappa shape index (κ2) is 6.47. The molecule has 21 heavy (non-hydrogen) atoms. The maximum Gasteiger partial charge on any atom is 0.390 e. The molecule has 0 aromatic heterocycles. The lowest BCUT2D eigenvalue weighted by molar-refractivity contribution is -0.130. The predicted octanol–water partition coefficient (Wildman–Crippen LogP) is 3.78. The van der Waals surface area contributed by atoms with Gasteiger partial charge in [-0.25, -0.2) is 8.42 Å². The monoisotopic (exact) mass is 403 g/mol. The van der Waals surface area contributed by atoms with Crippen LogP contribution >= 0.6 is 27.7 Å². The standard InChI is InChI=1S/C12H13BrF3NO2S2/c13-10-3-1-9(2-4-10)11-17(6-7-20-11)21(18,19)8-5-12(14,15)16/h1-4,11H,5-8H2. The largest absolute Gasteiger partial charge is 0.390 e. The molecule has 1 saturated heterocycles. The molecule has 1 aromatic carbocycles. The van der Waals surface area contributed by atoms with Crippen molar-refractivity contribution < 1.29 is 21.6 Å². The minimum Gasteiger partial charge on any atom is -0.212 e. The first-order valence-electron chi connectivity index (χ1n) is 6.12. The van der Waals surface area contributed by atoms with Gasteiger partial charge in [0.05, 0.1) is 17.5 Å². The second-order valence-corrected chi connectivity index (χ2v) is 8.71. The number of nitrogens with zero attached hydrogens (tertiary/aromatic N) is 1. The molecular weight excluding hydrogens is 391 g/mol. The summed E-state index contributed by atoms with van der Waals surface area (Å²) < 4.78 is 63.0. The molecule has 1 aliphatic rings. The van der Waals surface area contributed by atoms with E-state index in [1.807, 2.05) is 0 Å². The zero-order valence-corrected chi connectivity index (χ0v) is 14.0. The van der Waals surface area contributed by atoms with Crippen LogP contribution in [0.5, 0.6) is 0 Å². The Morgan fingerprint density at radius 3 is 2.48 bits per heavy atom. The molecular formula is C12H13BrF3NO2S2. The van der Waals surface area contributed by atoms with Crippen molar-refractivity contribution >= 4 is 37.7 Å². The highest BCUT2D eigenvalue weighted by Crippen LogP contribution is 2.40. The van der Waals surface area contributed by atoms with Gasteiger partial charge in [-0.05, 0) is 17.7 Å². The van der Waals surface area contributed by atoms with Gasteiger partial charge in [-0.2, -0.15) is 17.5 Å². The van der Waals surface area contributed by atoms with Gasteiger partial charge in [0.2, 0.25) is 10.0 Å². The summed E-state index contributed by atoms with van der Waals surface area (Å²) in [6.07, 6.45) is -5.78. The van der Waals surface area contributed by atoms with Crippen LogP contribution in [0.1, 0.15) is 17.4 Å². The number of sulfonamides is 1. The quantitative estimate of drug-likeness (QED) is 0.767. The van der Waals surface area contributed by atoms with Gasteiger partial charge in [-0.15, -0.1) is 11.8 Å². The smallest absolute Gasteiger partial charge is 0.212 e. The SMILES string of the molecule is O=S(=O)(CCC(F)(F)F)N1CCSC1c1ccc(Br)cc1. The van der Waals surface area contributed by atoms with Crippen molar-refractivity contribution in [3.8, 4) is 0 Å². The van der Waals surface area contributed by atoms with E-state index in [0.29, 0.717) is 5.75 Å². The topological polar surface area (TPSA) is 37.4 Å². The highest BCUT2D eigenvalue weighted by molar-refractivity contribution is 9.10. The molecule has 118 valence electrons. The van der Waals surface area contributed by atoms with Crippen molar-refractivity contribution in [1.82, 2.24) is 4.31 Å². The Morgan fingerprint density at radius 1 is 1.29 bits per heavy atom. The number of benzene rings is 1. The molecule has 9 heteroatoms. The summed E-state index contributed by atoms with van der Waals surface area (Å²) in [4.78, 5) is 0. The molecule has 0 N–H and O–H groups in total. The van der Waals surface area contributed by atoms with Crippen LogP contribution in [-0.4, -0.2) is 36.9 Å². The molecule has 0 saturated carbocycles. The third kappa shape index (κ3) is 4.61. The molecule has 1 aliphatic heterocycles. The molecule has 2 rings (SSSR count). The third-order valence-electron chi connectivity index (χ3n) is 3.00. The van der Waals surface area contributed by atoms with Gasteiger partial charge < -0.3 is 0 Å². The first-order chi connectivity index (χ1) is 9.69. The summed E-state index contributed by atoms with van der Waals surface area (Å²) in [5.74, 6) is -0.323. The number of halogens is 4. The maximum absolute atomic E-state index is 12.2. The number of hydrogen-bond acceptors (Lipinski definition) is 3. The first kappa shape index (κ1) is 17.1. The van der Waals surface area contributed by atoms with Crippen LogP contribution in [0.15, 0.2) is 28.7 Å². The maximum atomic E-state index is 12.2. The highest BCUT2D eigenvalue weighted by Gasteiger charge is 2.38. The number of alkyl halides is 3. The van der Waals surface area contributed by atoms with Gasteiger partial charge >= 0.3 is 6.18 Å². The zero-order chi connectivity index (χ0) is 15.7. The average Bonchev–Trinajstić information content (AvgIpc) is 2.87. The van der Waals surface area contributed by atoms with E-state index in [0.717, 1.165) is 10.0 Å². The molecule has 0 bridgehead atoms. The normalized spacial score (nSPS) is 20.9. The van der Waals surface area contributed by atoms with E-state index < -0.39 is 33.7 Å². The molecule has 1 aromatic rings.